The molecule has 0 aliphatic rings. The van der Waals surface area contributed by atoms with Crippen molar-refractivity contribution in [2.24, 2.45) is 0 Å². The Hall–Kier alpha value is -1.34. The molecule has 0 amide bonds. The van der Waals surface area contributed by atoms with Crippen LogP contribution in [0.4, 0.5) is 0 Å². The summed E-state index contributed by atoms with van der Waals surface area (Å²) in [4.78, 5) is 10.6. The van der Waals surface area contributed by atoms with Crippen LogP contribution in [0, 0.1) is 11.3 Å². The number of rotatable bonds is 6. The van der Waals surface area contributed by atoms with E-state index >= 15 is 0 Å². The molecule has 4 nitrogen and oxygen atoms in total. The third kappa shape index (κ3) is 12.7. The monoisotopic (exact) mass is 227 g/mol. The van der Waals surface area contributed by atoms with Gasteiger partial charge >= 0.3 is 5.97 Å². The number of nitriles is 1. The van der Waals surface area contributed by atoms with E-state index in [0.29, 0.717) is 6.42 Å². The third-order valence-corrected chi connectivity index (χ3v) is 1.53. The van der Waals surface area contributed by atoms with E-state index in [2.05, 4.69) is 11.3 Å². The molecule has 1 unspecified atom stereocenters. The van der Waals surface area contributed by atoms with Gasteiger partial charge in [0.25, 0.3) is 0 Å². The molecule has 0 aliphatic carbocycles. The molecule has 0 aliphatic heterocycles. The van der Waals surface area contributed by atoms with Crippen molar-refractivity contribution in [1.82, 2.24) is 0 Å². The van der Waals surface area contributed by atoms with Gasteiger partial charge in [-0.25, -0.2) is 4.79 Å². The van der Waals surface area contributed by atoms with Gasteiger partial charge in [-0.05, 0) is 20.3 Å². The molecule has 0 fully saturated rings. The van der Waals surface area contributed by atoms with E-state index in [1.54, 1.807) is 0 Å². The zero-order valence-electron chi connectivity index (χ0n) is 10.4. The maximum atomic E-state index is 10.6. The molecule has 16 heavy (non-hydrogen) atoms. The predicted molar refractivity (Wildman–Crippen MR) is 62.8 cm³/mol. The van der Waals surface area contributed by atoms with Crippen molar-refractivity contribution in [3.63, 3.8) is 0 Å². The first-order valence-corrected chi connectivity index (χ1v) is 5.46. The fourth-order valence-electron chi connectivity index (χ4n) is 0.804. The Bertz CT molecular complexity index is 219. The molecule has 0 rings (SSSR count). The molecular weight excluding hydrogens is 206 g/mol. The summed E-state index contributed by atoms with van der Waals surface area (Å²) in [5, 5.41) is 8.44. The van der Waals surface area contributed by atoms with E-state index in [0.717, 1.165) is 25.7 Å². The summed E-state index contributed by atoms with van der Waals surface area (Å²) in [7, 11) is 0. The van der Waals surface area contributed by atoms with E-state index in [4.69, 9.17) is 10.00 Å². The van der Waals surface area contributed by atoms with Crippen LogP contribution in [-0.2, 0) is 14.3 Å². The zero-order valence-corrected chi connectivity index (χ0v) is 10.4. The van der Waals surface area contributed by atoms with Gasteiger partial charge in [-0.3, -0.25) is 0 Å². The third-order valence-electron chi connectivity index (χ3n) is 1.53. The number of hydrogen-bond acceptors (Lipinski definition) is 4. The molecule has 0 saturated carbocycles. The van der Waals surface area contributed by atoms with E-state index in [1.165, 1.54) is 0 Å². The van der Waals surface area contributed by atoms with E-state index in [9.17, 15) is 4.79 Å². The van der Waals surface area contributed by atoms with Crippen molar-refractivity contribution >= 4 is 5.97 Å². The van der Waals surface area contributed by atoms with Crippen molar-refractivity contribution < 1.29 is 14.3 Å². The molecule has 4 heteroatoms. The number of nitrogens with zero attached hydrogens (tertiary/aromatic N) is 1. The molecule has 92 valence electrons. The number of hydrogen-bond donors (Lipinski definition) is 0. The van der Waals surface area contributed by atoms with Crippen molar-refractivity contribution in [2.75, 3.05) is 13.2 Å². The molecule has 0 saturated heterocycles. The molecular formula is C12H21NO3. The van der Waals surface area contributed by atoms with Gasteiger partial charge in [-0.1, -0.05) is 19.9 Å². The van der Waals surface area contributed by atoms with E-state index < -0.39 is 12.1 Å². The molecule has 0 aromatic heterocycles. The van der Waals surface area contributed by atoms with Crippen LogP contribution < -0.4 is 0 Å². The molecule has 0 spiro atoms. The van der Waals surface area contributed by atoms with E-state index in [1.807, 2.05) is 26.8 Å². The Kier molecular flexibility index (Phi) is 14.6. The summed E-state index contributed by atoms with van der Waals surface area (Å²) in [6.45, 7) is 10.8. The Labute approximate surface area is 97.9 Å². The largest absolute Gasteiger partial charge is 0.444 e. The van der Waals surface area contributed by atoms with Gasteiger partial charge in [-0.2, -0.15) is 5.26 Å². The standard InChI is InChI=1S/C8H11NO2.C4H10O/c1-3-5-7(6-9)11-8(10)4-2;1-3-5-4-2/h4,7H,2-3,5H2,1H3;3-4H2,1-2H3. The lowest BCUT2D eigenvalue weighted by Gasteiger charge is -2.06. The number of esters is 1. The first-order chi connectivity index (χ1) is 7.65. The summed E-state index contributed by atoms with van der Waals surface area (Å²) < 4.78 is 9.50. The Balaban J connectivity index is 0. The van der Waals surface area contributed by atoms with Crippen molar-refractivity contribution in [3.05, 3.63) is 12.7 Å². The fourth-order valence-corrected chi connectivity index (χ4v) is 0.804. The quantitative estimate of drug-likeness (QED) is 0.516. The summed E-state index contributed by atoms with van der Waals surface area (Å²) in [6, 6.07) is 1.88. The highest BCUT2D eigenvalue weighted by molar-refractivity contribution is 5.81. The van der Waals surface area contributed by atoms with Crippen LogP contribution in [0.3, 0.4) is 0 Å². The molecule has 1 atom stereocenters. The highest BCUT2D eigenvalue weighted by atomic mass is 16.5. The second-order valence-electron chi connectivity index (χ2n) is 2.83. The molecule has 0 bridgehead atoms. The van der Waals surface area contributed by atoms with Crippen LogP contribution in [0.25, 0.3) is 0 Å². The highest BCUT2D eigenvalue weighted by Crippen LogP contribution is 2.00. The number of ether oxygens (including phenoxy) is 2. The molecule has 0 N–H and O–H groups in total. The van der Waals surface area contributed by atoms with Gasteiger partial charge < -0.3 is 9.47 Å². The van der Waals surface area contributed by atoms with Crippen LogP contribution in [0.1, 0.15) is 33.6 Å². The fraction of sp³-hybridized carbons (Fsp3) is 0.667. The maximum absolute atomic E-state index is 10.6. The topological polar surface area (TPSA) is 59.3 Å². The molecule has 0 radical (unpaired) electrons. The normalized spacial score (nSPS) is 10.4. The summed E-state index contributed by atoms with van der Waals surface area (Å²) >= 11 is 0. The van der Waals surface area contributed by atoms with Gasteiger partial charge in [0.15, 0.2) is 6.10 Å². The van der Waals surface area contributed by atoms with Crippen molar-refractivity contribution in [2.45, 2.75) is 39.7 Å². The van der Waals surface area contributed by atoms with Gasteiger partial charge in [0.05, 0.1) is 0 Å². The predicted octanol–water partition coefficient (Wildman–Crippen LogP) is 2.45. The number of carbonyl (C=O) groups excluding carboxylic acids is 1. The number of carbonyl (C=O) groups is 1. The highest BCUT2D eigenvalue weighted by Gasteiger charge is 2.08. The Morgan fingerprint density at radius 1 is 1.44 bits per heavy atom. The summed E-state index contributed by atoms with van der Waals surface area (Å²) in [5.74, 6) is -0.537. The Morgan fingerprint density at radius 2 is 2.00 bits per heavy atom. The molecule has 0 aromatic rings. The average molecular weight is 227 g/mol. The minimum atomic E-state index is -0.620. The van der Waals surface area contributed by atoms with Gasteiger partial charge in [0, 0.05) is 19.3 Å². The first-order valence-electron chi connectivity index (χ1n) is 5.46. The van der Waals surface area contributed by atoms with Crippen LogP contribution in [-0.4, -0.2) is 25.3 Å². The van der Waals surface area contributed by atoms with Gasteiger partial charge in [0.2, 0.25) is 0 Å². The maximum Gasteiger partial charge on any atom is 0.331 e. The van der Waals surface area contributed by atoms with Gasteiger partial charge in [0.1, 0.15) is 6.07 Å². The molecule has 0 heterocycles. The second-order valence-corrected chi connectivity index (χ2v) is 2.83. The van der Waals surface area contributed by atoms with Gasteiger partial charge in [-0.15, -0.1) is 0 Å². The van der Waals surface area contributed by atoms with Crippen LogP contribution in [0.2, 0.25) is 0 Å². The summed E-state index contributed by atoms with van der Waals surface area (Å²) in [5.41, 5.74) is 0. The van der Waals surface area contributed by atoms with Crippen LogP contribution in [0.5, 0.6) is 0 Å². The minimum Gasteiger partial charge on any atom is -0.444 e. The second kappa shape index (κ2) is 13.7. The minimum absolute atomic E-state index is 0.537. The molecule has 0 aromatic carbocycles. The van der Waals surface area contributed by atoms with Crippen LogP contribution in [0.15, 0.2) is 12.7 Å². The smallest absolute Gasteiger partial charge is 0.331 e. The van der Waals surface area contributed by atoms with Crippen molar-refractivity contribution in [3.8, 4) is 6.07 Å². The average Bonchev–Trinajstić information content (AvgIpc) is 2.30. The van der Waals surface area contributed by atoms with E-state index in [-0.39, 0.29) is 0 Å². The lowest BCUT2D eigenvalue weighted by molar-refractivity contribution is -0.140. The Morgan fingerprint density at radius 3 is 2.25 bits per heavy atom. The lowest BCUT2D eigenvalue weighted by Crippen LogP contribution is -2.13. The van der Waals surface area contributed by atoms with Crippen LogP contribution >= 0.6 is 0 Å². The summed E-state index contributed by atoms with van der Waals surface area (Å²) in [6.07, 6.45) is 1.84. The van der Waals surface area contributed by atoms with Crippen molar-refractivity contribution in [1.29, 1.82) is 5.26 Å². The lowest BCUT2D eigenvalue weighted by atomic mass is 10.2. The zero-order chi connectivity index (χ0) is 12.8. The SMILES string of the molecule is C=CC(=O)OC(C#N)CCC.CCOCC. The first kappa shape index (κ1) is 17.1.